The number of nitrogens with one attached hydrogen (secondary N) is 1. The van der Waals surface area contributed by atoms with E-state index in [1.165, 1.54) is 4.68 Å². The average Bonchev–Trinajstić information content (AvgIpc) is 2.98. The highest BCUT2D eigenvalue weighted by Crippen LogP contribution is 2.25. The molecule has 8 heteroatoms. The van der Waals surface area contributed by atoms with Gasteiger partial charge in [0, 0.05) is 22.8 Å². The molecule has 1 heterocycles. The molecule has 0 unspecified atom stereocenters. The zero-order chi connectivity index (χ0) is 17.8. The van der Waals surface area contributed by atoms with Gasteiger partial charge in [-0.1, -0.05) is 35.9 Å². The summed E-state index contributed by atoms with van der Waals surface area (Å²) in [5.41, 5.74) is 2.11. The number of carbonyl (C=O) groups excluding carboxylic acids is 1. The van der Waals surface area contributed by atoms with Crippen molar-refractivity contribution in [1.29, 1.82) is 0 Å². The van der Waals surface area contributed by atoms with Crippen LogP contribution in [0.2, 0.25) is 5.02 Å². The van der Waals surface area contributed by atoms with Crippen LogP contribution in [0, 0.1) is 6.92 Å². The van der Waals surface area contributed by atoms with Crippen LogP contribution < -0.4 is 15.1 Å². The first-order chi connectivity index (χ1) is 12.1. The summed E-state index contributed by atoms with van der Waals surface area (Å²) in [7, 11) is 0. The molecule has 25 heavy (non-hydrogen) atoms. The first-order valence-corrected chi connectivity index (χ1v) is 8.75. The summed E-state index contributed by atoms with van der Waals surface area (Å²) in [6.07, 6.45) is 0. The number of benzene rings is 2. The molecule has 1 amide bonds. The van der Waals surface area contributed by atoms with Crippen LogP contribution in [0.4, 0.5) is 5.69 Å². The SMILES string of the molecule is Cc1c(Cl)cccc1NC(=O)CSc1c([O-])on[n+]1-c1ccccc1. The van der Waals surface area contributed by atoms with E-state index in [0.29, 0.717) is 16.4 Å². The molecule has 0 radical (unpaired) electrons. The molecule has 0 spiro atoms. The molecule has 3 rings (SSSR count). The molecule has 0 aliphatic heterocycles. The zero-order valence-electron chi connectivity index (χ0n) is 13.2. The molecule has 6 nitrogen and oxygen atoms in total. The van der Waals surface area contributed by atoms with Crippen LogP contribution >= 0.6 is 23.4 Å². The molecule has 0 fully saturated rings. The summed E-state index contributed by atoms with van der Waals surface area (Å²) in [6, 6.07) is 14.4. The second-order valence-corrected chi connectivity index (χ2v) is 6.53. The van der Waals surface area contributed by atoms with Gasteiger partial charge in [0.1, 0.15) is 0 Å². The molecule has 2 aromatic carbocycles. The maximum Gasteiger partial charge on any atom is 0.298 e. The van der Waals surface area contributed by atoms with E-state index < -0.39 is 5.95 Å². The van der Waals surface area contributed by atoms with Gasteiger partial charge in [-0.15, -0.1) is 0 Å². The zero-order valence-corrected chi connectivity index (χ0v) is 14.8. The Labute approximate surface area is 153 Å². The Hall–Kier alpha value is -2.51. The van der Waals surface area contributed by atoms with E-state index >= 15 is 0 Å². The van der Waals surface area contributed by atoms with E-state index in [4.69, 9.17) is 16.1 Å². The summed E-state index contributed by atoms with van der Waals surface area (Å²) in [4.78, 5) is 12.2. The minimum atomic E-state index is -0.583. The van der Waals surface area contributed by atoms with Gasteiger partial charge < -0.3 is 14.9 Å². The van der Waals surface area contributed by atoms with Crippen LogP contribution in [0.15, 0.2) is 58.1 Å². The highest BCUT2D eigenvalue weighted by molar-refractivity contribution is 7.99. The fraction of sp³-hybridized carbons (Fsp3) is 0.118. The molecular formula is C17H14ClN3O3S. The largest absolute Gasteiger partial charge is 0.538 e. The minimum Gasteiger partial charge on any atom is -0.538 e. The highest BCUT2D eigenvalue weighted by atomic mass is 35.5. The number of nitrogens with zero attached hydrogens (tertiary/aromatic N) is 2. The van der Waals surface area contributed by atoms with Crippen LogP contribution in [0.1, 0.15) is 5.56 Å². The predicted molar refractivity (Wildman–Crippen MR) is 93.0 cm³/mol. The van der Waals surface area contributed by atoms with Crippen molar-refractivity contribution < 1.29 is 19.1 Å². The Kier molecular flexibility index (Phi) is 5.25. The Morgan fingerprint density at radius 3 is 2.80 bits per heavy atom. The second kappa shape index (κ2) is 7.58. The van der Waals surface area contributed by atoms with Crippen molar-refractivity contribution >= 4 is 35.0 Å². The van der Waals surface area contributed by atoms with Gasteiger partial charge in [-0.05, 0) is 41.1 Å². The van der Waals surface area contributed by atoms with Gasteiger partial charge in [0.05, 0.1) is 11.0 Å². The van der Waals surface area contributed by atoms with Gasteiger partial charge >= 0.3 is 0 Å². The Bertz CT molecular complexity index is 899. The number of anilines is 1. The standard InChI is InChI=1S/C17H14ClN3O3S/c1-11-13(18)8-5-9-14(11)19-15(22)10-25-16-17(23)24-20-21(16)12-6-3-2-4-7-12/h2-9H,10H2,1H3,(H-,19,20,22,23). The lowest BCUT2D eigenvalue weighted by Gasteiger charge is -2.08. The van der Waals surface area contributed by atoms with E-state index in [-0.39, 0.29) is 16.7 Å². The Balaban J connectivity index is 1.71. The number of carbonyl (C=O) groups is 1. The fourth-order valence-electron chi connectivity index (χ4n) is 2.16. The van der Waals surface area contributed by atoms with Gasteiger partial charge in [-0.2, -0.15) is 0 Å². The third-order valence-corrected chi connectivity index (χ3v) is 4.88. The van der Waals surface area contributed by atoms with Gasteiger partial charge in [0.25, 0.3) is 5.03 Å². The maximum absolute atomic E-state index is 12.2. The molecule has 1 N–H and O–H groups in total. The molecular weight excluding hydrogens is 362 g/mol. The molecule has 0 aliphatic rings. The highest BCUT2D eigenvalue weighted by Gasteiger charge is 2.22. The van der Waals surface area contributed by atoms with Gasteiger partial charge in [-0.3, -0.25) is 4.79 Å². The van der Waals surface area contributed by atoms with E-state index in [0.717, 1.165) is 17.3 Å². The van der Waals surface area contributed by atoms with Crippen molar-refractivity contribution in [3.05, 3.63) is 59.1 Å². The number of rotatable bonds is 5. The monoisotopic (exact) mass is 375 g/mol. The topological polar surface area (TPSA) is 82.1 Å². The number of amides is 1. The van der Waals surface area contributed by atoms with E-state index in [1.54, 1.807) is 30.3 Å². The van der Waals surface area contributed by atoms with Gasteiger partial charge in [-0.25, -0.2) is 0 Å². The summed E-state index contributed by atoms with van der Waals surface area (Å²) in [6.45, 7) is 1.82. The molecule has 0 saturated heterocycles. The number of para-hydroxylation sites is 1. The van der Waals surface area contributed by atoms with Crippen molar-refractivity contribution in [3.63, 3.8) is 0 Å². The van der Waals surface area contributed by atoms with Crippen LogP contribution in [-0.2, 0) is 4.79 Å². The molecule has 0 bridgehead atoms. The summed E-state index contributed by atoms with van der Waals surface area (Å²) >= 11 is 7.10. The third kappa shape index (κ3) is 3.94. The van der Waals surface area contributed by atoms with Gasteiger partial charge in [0.15, 0.2) is 5.95 Å². The van der Waals surface area contributed by atoms with Crippen molar-refractivity contribution in [2.45, 2.75) is 11.9 Å². The smallest absolute Gasteiger partial charge is 0.298 e. The second-order valence-electron chi connectivity index (χ2n) is 5.16. The number of halogens is 1. The quantitative estimate of drug-likeness (QED) is 0.547. The lowest BCUT2D eigenvalue weighted by Crippen LogP contribution is -2.35. The number of hydrogen-bond donors (Lipinski definition) is 1. The molecule has 0 aliphatic carbocycles. The Morgan fingerprint density at radius 1 is 1.28 bits per heavy atom. The normalized spacial score (nSPS) is 10.6. The maximum atomic E-state index is 12.2. The minimum absolute atomic E-state index is 0.0369. The Morgan fingerprint density at radius 2 is 2.04 bits per heavy atom. The van der Waals surface area contributed by atoms with Crippen LogP contribution in [-0.4, -0.2) is 16.9 Å². The molecule has 1 aromatic heterocycles. The lowest BCUT2D eigenvalue weighted by molar-refractivity contribution is -0.705. The molecule has 0 saturated carbocycles. The van der Waals surface area contributed by atoms with Crippen LogP contribution in [0.3, 0.4) is 0 Å². The summed E-state index contributed by atoms with van der Waals surface area (Å²) in [5, 5.41) is 19.2. The van der Waals surface area contributed by atoms with E-state index in [2.05, 4.69) is 10.6 Å². The summed E-state index contributed by atoms with van der Waals surface area (Å²) in [5.74, 6) is -0.800. The number of hydrogen-bond acceptors (Lipinski definition) is 5. The molecule has 0 atom stereocenters. The van der Waals surface area contributed by atoms with Gasteiger partial charge in [0.2, 0.25) is 11.6 Å². The lowest BCUT2D eigenvalue weighted by atomic mass is 10.2. The fourth-order valence-corrected chi connectivity index (χ4v) is 3.09. The van der Waals surface area contributed by atoms with Crippen molar-refractivity contribution in [2.24, 2.45) is 0 Å². The summed E-state index contributed by atoms with van der Waals surface area (Å²) < 4.78 is 6.10. The van der Waals surface area contributed by atoms with E-state index in [9.17, 15) is 9.90 Å². The first kappa shape index (κ1) is 17.3. The number of thioether (sulfide) groups is 1. The molecule has 3 aromatic rings. The van der Waals surface area contributed by atoms with Crippen LogP contribution in [0.5, 0.6) is 5.95 Å². The average molecular weight is 376 g/mol. The third-order valence-electron chi connectivity index (χ3n) is 3.45. The van der Waals surface area contributed by atoms with E-state index in [1.807, 2.05) is 25.1 Å². The van der Waals surface area contributed by atoms with Crippen molar-refractivity contribution in [3.8, 4) is 11.6 Å². The molecule has 128 valence electrons. The van der Waals surface area contributed by atoms with Crippen LogP contribution in [0.25, 0.3) is 5.69 Å². The first-order valence-electron chi connectivity index (χ1n) is 7.38. The van der Waals surface area contributed by atoms with Crippen molar-refractivity contribution in [2.75, 3.05) is 11.1 Å². The predicted octanol–water partition coefficient (Wildman–Crippen LogP) is 2.72. The number of aromatic nitrogens is 2. The van der Waals surface area contributed by atoms with Crippen molar-refractivity contribution in [1.82, 2.24) is 5.27 Å².